The quantitative estimate of drug-likeness (QED) is 0.158. The van der Waals surface area contributed by atoms with Crippen LogP contribution in [0.3, 0.4) is 0 Å². The Morgan fingerprint density at radius 3 is 2.82 bits per heavy atom. The van der Waals surface area contributed by atoms with E-state index in [4.69, 9.17) is 18.0 Å². The molecular formula is C31H45ClN2. The van der Waals surface area contributed by atoms with Crippen LogP contribution in [0.1, 0.15) is 83.6 Å². The summed E-state index contributed by atoms with van der Waals surface area (Å²) in [7, 11) is 2.05. The van der Waals surface area contributed by atoms with E-state index in [2.05, 4.69) is 61.3 Å². The molecule has 2 N–H and O–H groups in total. The van der Waals surface area contributed by atoms with E-state index in [0.717, 1.165) is 41.4 Å². The van der Waals surface area contributed by atoms with Crippen LogP contribution in [0.25, 0.3) is 0 Å². The van der Waals surface area contributed by atoms with Gasteiger partial charge in [-0.1, -0.05) is 88.3 Å². The summed E-state index contributed by atoms with van der Waals surface area (Å²) >= 11 is 6.77. The van der Waals surface area contributed by atoms with Gasteiger partial charge in [-0.15, -0.1) is 6.42 Å². The fraction of sp³-hybridized carbons (Fsp3) is 0.548. The zero-order valence-corrected chi connectivity index (χ0v) is 22.4. The first-order chi connectivity index (χ1) is 16.4. The standard InChI is InChI=1S/C31H45ClN2/c1-6-8-9-10-11-12-16-26(15-7-2)25(3)34-29-19-18-27(30(32)24-29)23-28-17-13-14-20-31(28,4)21-22-33-5/h2,12,15-16,18-19,24,28,33-34H,3,6,8-11,13-14,17,20-23H2,1,4-5H3/b16-12-,26-15+. The topological polar surface area (TPSA) is 24.1 Å². The first-order valence-electron chi connectivity index (χ1n) is 13.2. The van der Waals surface area contributed by atoms with Gasteiger partial charge in [-0.3, -0.25) is 0 Å². The van der Waals surface area contributed by atoms with E-state index in [0.29, 0.717) is 11.3 Å². The van der Waals surface area contributed by atoms with E-state index < -0.39 is 0 Å². The lowest BCUT2D eigenvalue weighted by Crippen LogP contribution is -2.35. The van der Waals surface area contributed by atoms with E-state index in [-0.39, 0.29) is 0 Å². The minimum absolute atomic E-state index is 0.383. The molecule has 2 unspecified atom stereocenters. The molecular weight excluding hydrogens is 436 g/mol. The number of nitrogens with one attached hydrogen (secondary N) is 2. The molecule has 0 amide bonds. The molecule has 0 bridgehead atoms. The van der Waals surface area contributed by atoms with Crippen molar-refractivity contribution in [2.45, 2.75) is 84.5 Å². The van der Waals surface area contributed by atoms with Gasteiger partial charge in [0.05, 0.1) is 0 Å². The lowest BCUT2D eigenvalue weighted by atomic mass is 9.64. The molecule has 1 aromatic carbocycles. The maximum Gasteiger partial charge on any atom is 0.0458 e. The van der Waals surface area contributed by atoms with Crippen LogP contribution >= 0.6 is 11.6 Å². The summed E-state index contributed by atoms with van der Waals surface area (Å²) in [5, 5.41) is 7.57. The Kier molecular flexibility index (Phi) is 12.6. The van der Waals surface area contributed by atoms with E-state index in [1.165, 1.54) is 63.4 Å². The number of rotatable bonds is 14. The number of hydrogen-bond donors (Lipinski definition) is 2. The summed E-state index contributed by atoms with van der Waals surface area (Å²) in [6.07, 6.45) is 25.2. The third-order valence-electron chi connectivity index (χ3n) is 7.41. The van der Waals surface area contributed by atoms with Gasteiger partial charge in [0.2, 0.25) is 0 Å². The highest BCUT2D eigenvalue weighted by Crippen LogP contribution is 2.45. The van der Waals surface area contributed by atoms with Crippen molar-refractivity contribution in [3.05, 3.63) is 64.9 Å². The molecule has 0 aromatic heterocycles. The van der Waals surface area contributed by atoms with Gasteiger partial charge < -0.3 is 10.6 Å². The lowest BCUT2D eigenvalue weighted by Gasteiger charge is -2.42. The highest BCUT2D eigenvalue weighted by molar-refractivity contribution is 6.31. The van der Waals surface area contributed by atoms with Crippen molar-refractivity contribution in [1.29, 1.82) is 0 Å². The Labute approximate surface area is 214 Å². The molecule has 3 heteroatoms. The van der Waals surface area contributed by atoms with Crippen LogP contribution in [0.2, 0.25) is 5.02 Å². The Balaban J connectivity index is 2.01. The van der Waals surface area contributed by atoms with Crippen LogP contribution in [0, 0.1) is 23.7 Å². The van der Waals surface area contributed by atoms with Gasteiger partial charge in [0.25, 0.3) is 0 Å². The van der Waals surface area contributed by atoms with Crippen LogP contribution in [-0.2, 0) is 6.42 Å². The molecule has 0 saturated heterocycles. The Morgan fingerprint density at radius 2 is 2.12 bits per heavy atom. The molecule has 2 rings (SSSR count). The van der Waals surface area contributed by atoms with E-state index in [1.54, 1.807) is 6.08 Å². The van der Waals surface area contributed by atoms with Gasteiger partial charge >= 0.3 is 0 Å². The Morgan fingerprint density at radius 1 is 1.29 bits per heavy atom. The number of unbranched alkanes of at least 4 members (excludes halogenated alkanes) is 4. The number of terminal acetylenes is 1. The molecule has 0 radical (unpaired) electrons. The average Bonchev–Trinajstić information content (AvgIpc) is 2.82. The number of benzene rings is 1. The zero-order chi connectivity index (χ0) is 24.8. The second kappa shape index (κ2) is 15.1. The van der Waals surface area contributed by atoms with Crippen LogP contribution < -0.4 is 10.6 Å². The largest absolute Gasteiger partial charge is 0.355 e. The number of anilines is 1. The molecule has 2 atom stereocenters. The lowest BCUT2D eigenvalue weighted by molar-refractivity contribution is 0.104. The monoisotopic (exact) mass is 480 g/mol. The molecule has 1 aliphatic carbocycles. The van der Waals surface area contributed by atoms with Gasteiger partial charge in [0, 0.05) is 22.0 Å². The number of hydrogen-bond acceptors (Lipinski definition) is 2. The van der Waals surface area contributed by atoms with Crippen LogP contribution in [0.4, 0.5) is 5.69 Å². The Bertz CT molecular complexity index is 876. The fourth-order valence-corrected chi connectivity index (χ4v) is 5.35. The molecule has 2 nitrogen and oxygen atoms in total. The molecule has 186 valence electrons. The van der Waals surface area contributed by atoms with E-state index in [1.807, 2.05) is 13.1 Å². The van der Waals surface area contributed by atoms with Crippen LogP contribution in [-0.4, -0.2) is 13.6 Å². The number of allylic oxidation sites excluding steroid dienone is 3. The first-order valence-corrected chi connectivity index (χ1v) is 13.5. The van der Waals surface area contributed by atoms with Crippen molar-refractivity contribution in [2.24, 2.45) is 11.3 Å². The van der Waals surface area contributed by atoms with Crippen molar-refractivity contribution < 1.29 is 0 Å². The molecule has 1 aromatic rings. The molecule has 0 aliphatic heterocycles. The van der Waals surface area contributed by atoms with Crippen molar-refractivity contribution in [2.75, 3.05) is 18.9 Å². The van der Waals surface area contributed by atoms with E-state index in [9.17, 15) is 0 Å². The second-order valence-corrected chi connectivity index (χ2v) is 10.5. The Hall–Kier alpha value is -1.95. The maximum atomic E-state index is 6.77. The molecule has 1 saturated carbocycles. The van der Waals surface area contributed by atoms with Gasteiger partial charge in [-0.2, -0.15) is 0 Å². The number of halogens is 1. The summed E-state index contributed by atoms with van der Waals surface area (Å²) in [6, 6.07) is 6.32. The molecule has 1 fully saturated rings. The van der Waals surface area contributed by atoms with Crippen LogP contribution in [0.15, 0.2) is 54.3 Å². The van der Waals surface area contributed by atoms with Crippen LogP contribution in [0.5, 0.6) is 0 Å². The van der Waals surface area contributed by atoms with Crippen molar-refractivity contribution >= 4 is 17.3 Å². The van der Waals surface area contributed by atoms with Gasteiger partial charge in [-0.25, -0.2) is 0 Å². The predicted molar refractivity (Wildman–Crippen MR) is 151 cm³/mol. The summed E-state index contributed by atoms with van der Waals surface area (Å²) in [4.78, 5) is 0. The van der Waals surface area contributed by atoms with Gasteiger partial charge in [-0.05, 0) is 87.2 Å². The predicted octanol–water partition coefficient (Wildman–Crippen LogP) is 8.70. The minimum atomic E-state index is 0.383. The van der Waals surface area contributed by atoms with Crippen molar-refractivity contribution in [3.63, 3.8) is 0 Å². The van der Waals surface area contributed by atoms with Gasteiger partial charge in [0.1, 0.15) is 0 Å². The van der Waals surface area contributed by atoms with Crippen molar-refractivity contribution in [3.8, 4) is 12.3 Å². The summed E-state index contributed by atoms with van der Waals surface area (Å²) in [5.41, 5.74) is 4.29. The highest BCUT2D eigenvalue weighted by Gasteiger charge is 2.36. The average molecular weight is 481 g/mol. The van der Waals surface area contributed by atoms with Crippen molar-refractivity contribution in [1.82, 2.24) is 5.32 Å². The summed E-state index contributed by atoms with van der Waals surface area (Å²) in [5.74, 6) is 3.31. The smallest absolute Gasteiger partial charge is 0.0458 e. The normalized spacial score (nSPS) is 20.9. The third-order valence-corrected chi connectivity index (χ3v) is 7.76. The fourth-order valence-electron chi connectivity index (χ4n) is 5.09. The second-order valence-electron chi connectivity index (χ2n) is 10.1. The molecule has 0 heterocycles. The highest BCUT2D eigenvalue weighted by atomic mass is 35.5. The minimum Gasteiger partial charge on any atom is -0.355 e. The zero-order valence-electron chi connectivity index (χ0n) is 21.7. The molecule has 34 heavy (non-hydrogen) atoms. The van der Waals surface area contributed by atoms with E-state index >= 15 is 0 Å². The summed E-state index contributed by atoms with van der Waals surface area (Å²) in [6.45, 7) is 9.99. The molecule has 1 aliphatic rings. The molecule has 0 spiro atoms. The SMILES string of the molecule is C#C/C=C(\C=C/CCCCCC)C(=C)Nc1ccc(CC2CCCCC2(C)CCNC)c(Cl)c1. The first kappa shape index (κ1) is 28.3. The summed E-state index contributed by atoms with van der Waals surface area (Å²) < 4.78 is 0. The third kappa shape index (κ3) is 9.01. The van der Waals surface area contributed by atoms with Gasteiger partial charge in [0.15, 0.2) is 0 Å². The maximum absolute atomic E-state index is 6.77.